The van der Waals surface area contributed by atoms with Crippen molar-refractivity contribution in [2.45, 2.75) is 12.1 Å². The number of carboxylic acid groups (broad SMARTS) is 2. The number of benzene rings is 3. The fraction of sp³-hybridized carbons (Fsp3) is 0.120. The number of rotatable bonds is 6. The van der Waals surface area contributed by atoms with Gasteiger partial charge in [-0.25, -0.2) is 4.79 Å². The highest BCUT2D eigenvalue weighted by molar-refractivity contribution is 14.1. The van der Waals surface area contributed by atoms with E-state index in [4.69, 9.17) is 23.2 Å². The molecular formula is C25H17Cl2IN2O6. The third kappa shape index (κ3) is 5.04. The van der Waals surface area contributed by atoms with Gasteiger partial charge in [0.25, 0.3) is 11.8 Å². The highest BCUT2D eigenvalue weighted by Gasteiger charge is 2.46. The maximum Gasteiger partial charge on any atom is 0.331 e. The molecule has 3 aromatic carbocycles. The van der Waals surface area contributed by atoms with Crippen LogP contribution in [0, 0.1) is 3.57 Å². The Morgan fingerprint density at radius 1 is 0.917 bits per heavy atom. The topological polar surface area (TPSA) is 115 Å². The van der Waals surface area contributed by atoms with Crippen LogP contribution in [0.25, 0.3) is 0 Å². The van der Waals surface area contributed by atoms with Crippen molar-refractivity contribution in [3.05, 3.63) is 97.0 Å². The van der Waals surface area contributed by atoms with Crippen LogP contribution in [-0.4, -0.2) is 45.4 Å². The molecule has 2 atom stereocenters. The van der Waals surface area contributed by atoms with Crippen molar-refractivity contribution >= 4 is 75.2 Å². The Kier molecular flexibility index (Phi) is 7.53. The molecule has 2 N–H and O–H groups in total. The summed E-state index contributed by atoms with van der Waals surface area (Å²) in [7, 11) is 0. The average molecular weight is 639 g/mol. The van der Waals surface area contributed by atoms with Gasteiger partial charge in [-0.15, -0.1) is 0 Å². The number of hydrogen-bond acceptors (Lipinski definition) is 4. The number of fused-ring (bicyclic) bond motifs is 1. The Balaban J connectivity index is 2.02. The largest absolute Gasteiger partial charge is 0.480 e. The average Bonchev–Trinajstić information content (AvgIpc) is 2.90. The summed E-state index contributed by atoms with van der Waals surface area (Å²) in [6.45, 7) is -0.726. The highest BCUT2D eigenvalue weighted by atomic mass is 127. The molecule has 0 radical (unpaired) electrons. The maximum absolute atomic E-state index is 14.1. The Morgan fingerprint density at radius 2 is 1.50 bits per heavy atom. The number of anilines is 1. The summed E-state index contributed by atoms with van der Waals surface area (Å²) >= 11 is 14.0. The fourth-order valence-electron chi connectivity index (χ4n) is 4.14. The molecule has 1 heterocycles. The van der Waals surface area contributed by atoms with E-state index in [2.05, 4.69) is 0 Å². The second-order valence-electron chi connectivity index (χ2n) is 7.94. The first-order valence-electron chi connectivity index (χ1n) is 10.5. The normalized spacial score (nSPS) is 16.4. The van der Waals surface area contributed by atoms with Crippen LogP contribution in [0.2, 0.25) is 10.0 Å². The summed E-state index contributed by atoms with van der Waals surface area (Å²) < 4.78 is 0.644. The molecule has 0 fully saturated rings. The quantitative estimate of drug-likeness (QED) is 0.366. The molecule has 0 bridgehead atoms. The van der Waals surface area contributed by atoms with Crippen LogP contribution in [0.3, 0.4) is 0 Å². The van der Waals surface area contributed by atoms with Gasteiger partial charge in [-0.05, 0) is 76.2 Å². The van der Waals surface area contributed by atoms with Crippen LogP contribution in [-0.2, 0) is 14.4 Å². The summed E-state index contributed by atoms with van der Waals surface area (Å²) in [6.07, 6.45) is 0. The molecule has 2 amide bonds. The molecule has 184 valence electrons. The molecule has 0 spiro atoms. The molecule has 0 aliphatic carbocycles. The standard InChI is InChI=1S/C25H17Cl2IN2O6/c26-15-5-1-13(2-6-15)21-24(34)29(12-20(31)32)19-10-9-17(28)11-18(19)23(33)30(21)22(25(35)36)14-3-7-16(27)8-4-14/h1-11,21-22H,12H2,(H,31,32)(H,35,36)/t21-,22-/m0/s1. The lowest BCUT2D eigenvalue weighted by molar-refractivity contribution is -0.145. The van der Waals surface area contributed by atoms with Crippen molar-refractivity contribution in [3.63, 3.8) is 0 Å². The lowest BCUT2D eigenvalue weighted by Crippen LogP contribution is -2.47. The predicted molar refractivity (Wildman–Crippen MR) is 141 cm³/mol. The van der Waals surface area contributed by atoms with E-state index in [-0.39, 0.29) is 22.4 Å². The molecule has 0 saturated carbocycles. The highest BCUT2D eigenvalue weighted by Crippen LogP contribution is 2.40. The number of aliphatic carboxylic acids is 2. The van der Waals surface area contributed by atoms with E-state index < -0.39 is 42.4 Å². The minimum absolute atomic E-state index is 0.00757. The summed E-state index contributed by atoms with van der Waals surface area (Å²) in [5.74, 6) is -4.19. The predicted octanol–water partition coefficient (Wildman–Crippen LogP) is 5.04. The molecule has 4 rings (SSSR count). The zero-order chi connectivity index (χ0) is 26.1. The van der Waals surface area contributed by atoms with Crippen LogP contribution in [0.15, 0.2) is 66.7 Å². The van der Waals surface area contributed by atoms with Gasteiger partial charge in [0.2, 0.25) is 0 Å². The van der Waals surface area contributed by atoms with Crippen molar-refractivity contribution in [2.24, 2.45) is 0 Å². The number of carbonyl (C=O) groups is 4. The van der Waals surface area contributed by atoms with Gasteiger partial charge in [0.15, 0.2) is 6.04 Å². The SMILES string of the molecule is O=C(O)CN1C(=O)[C@H](c2ccc(Cl)cc2)N([C@H](C(=O)O)c2ccc(Cl)cc2)C(=O)c2cc(I)ccc21. The van der Waals surface area contributed by atoms with Crippen LogP contribution in [0.4, 0.5) is 5.69 Å². The first-order chi connectivity index (χ1) is 17.1. The Labute approximate surface area is 229 Å². The van der Waals surface area contributed by atoms with Crippen molar-refractivity contribution in [3.8, 4) is 0 Å². The number of carbonyl (C=O) groups excluding carboxylic acids is 2. The van der Waals surface area contributed by atoms with Crippen LogP contribution >= 0.6 is 45.8 Å². The van der Waals surface area contributed by atoms with Gasteiger partial charge in [-0.3, -0.25) is 19.3 Å². The second kappa shape index (κ2) is 10.5. The molecule has 0 aromatic heterocycles. The van der Waals surface area contributed by atoms with Gasteiger partial charge in [-0.2, -0.15) is 0 Å². The van der Waals surface area contributed by atoms with Gasteiger partial charge < -0.3 is 15.1 Å². The zero-order valence-corrected chi connectivity index (χ0v) is 21.9. The number of hydrogen-bond donors (Lipinski definition) is 2. The molecule has 36 heavy (non-hydrogen) atoms. The number of halogens is 3. The van der Waals surface area contributed by atoms with E-state index in [1.54, 1.807) is 6.07 Å². The third-order valence-corrected chi connectivity index (χ3v) is 6.84. The minimum Gasteiger partial charge on any atom is -0.480 e. The smallest absolute Gasteiger partial charge is 0.331 e. The molecule has 0 unspecified atom stereocenters. The van der Waals surface area contributed by atoms with E-state index in [1.165, 1.54) is 60.7 Å². The van der Waals surface area contributed by atoms with Gasteiger partial charge >= 0.3 is 11.9 Å². The first kappa shape index (κ1) is 25.9. The third-order valence-electron chi connectivity index (χ3n) is 5.67. The molecule has 11 heteroatoms. The molecule has 3 aromatic rings. The molecule has 1 aliphatic heterocycles. The molecule has 8 nitrogen and oxygen atoms in total. The molecule has 1 aliphatic rings. The lowest BCUT2D eigenvalue weighted by Gasteiger charge is -2.35. The van der Waals surface area contributed by atoms with Crippen LogP contribution < -0.4 is 4.90 Å². The van der Waals surface area contributed by atoms with Crippen molar-refractivity contribution in [2.75, 3.05) is 11.4 Å². The van der Waals surface area contributed by atoms with Gasteiger partial charge in [0.1, 0.15) is 12.6 Å². The van der Waals surface area contributed by atoms with E-state index in [0.29, 0.717) is 13.6 Å². The van der Waals surface area contributed by atoms with E-state index in [0.717, 1.165) is 9.80 Å². The number of nitrogens with zero attached hydrogens (tertiary/aromatic N) is 2. The maximum atomic E-state index is 14.1. The molecular weight excluding hydrogens is 622 g/mol. The fourth-order valence-corrected chi connectivity index (χ4v) is 4.88. The summed E-state index contributed by atoms with van der Waals surface area (Å²) in [6, 6.07) is 13.5. The Hall–Kier alpha value is -3.15. The van der Waals surface area contributed by atoms with Gasteiger partial charge in [0.05, 0.1) is 11.3 Å². The monoisotopic (exact) mass is 638 g/mol. The Morgan fingerprint density at radius 3 is 2.06 bits per heavy atom. The second-order valence-corrected chi connectivity index (χ2v) is 10.1. The number of carboxylic acids is 2. The number of amides is 2. The summed E-state index contributed by atoms with van der Waals surface area (Å²) in [4.78, 5) is 54.4. The molecule has 0 saturated heterocycles. The lowest BCUT2D eigenvalue weighted by atomic mass is 9.97. The van der Waals surface area contributed by atoms with Crippen LogP contribution in [0.5, 0.6) is 0 Å². The summed E-state index contributed by atoms with van der Waals surface area (Å²) in [5.41, 5.74) is 0.574. The van der Waals surface area contributed by atoms with Gasteiger partial charge in [0, 0.05) is 13.6 Å². The van der Waals surface area contributed by atoms with E-state index >= 15 is 0 Å². The van der Waals surface area contributed by atoms with E-state index in [9.17, 15) is 29.4 Å². The van der Waals surface area contributed by atoms with Crippen LogP contribution in [0.1, 0.15) is 33.6 Å². The summed E-state index contributed by atoms with van der Waals surface area (Å²) in [5, 5.41) is 20.6. The minimum atomic E-state index is -1.59. The van der Waals surface area contributed by atoms with Crippen molar-refractivity contribution in [1.82, 2.24) is 4.90 Å². The van der Waals surface area contributed by atoms with Crippen molar-refractivity contribution in [1.29, 1.82) is 0 Å². The first-order valence-corrected chi connectivity index (χ1v) is 12.3. The van der Waals surface area contributed by atoms with Gasteiger partial charge in [-0.1, -0.05) is 47.5 Å². The van der Waals surface area contributed by atoms with Crippen molar-refractivity contribution < 1.29 is 29.4 Å². The van der Waals surface area contributed by atoms with E-state index in [1.807, 2.05) is 22.6 Å². The Bertz CT molecular complexity index is 1360. The zero-order valence-electron chi connectivity index (χ0n) is 18.3.